The monoisotopic (exact) mass is 772 g/mol. The van der Waals surface area contributed by atoms with Crippen LogP contribution in [-0.2, 0) is 33.1 Å². The Balaban J connectivity index is 1.23. The van der Waals surface area contributed by atoms with Crippen LogP contribution in [0.15, 0.2) is 41.3 Å². The Labute approximate surface area is 325 Å². The molecule has 0 radical (unpaired) electrons. The first-order chi connectivity index (χ1) is 25.9. The molecule has 2 fully saturated rings. The van der Waals surface area contributed by atoms with Gasteiger partial charge < -0.3 is 18.8 Å². The second kappa shape index (κ2) is 14.5. The smallest absolute Gasteiger partial charge is 0.313 e. The standard InChI is InChI=1S/C42H56N6O6S/c1-27-13-14-30(35(41(7,8)39(49)54-40(4,5)6)33-24-31-22-29(3)44-45-36(31)46(33)9)23-32(27)25-48-26-42(15-16-42)53-38-34(55(48,50)51)21-28(2)37(43-38)52-20-19-47-17-11-10-12-18-47/h13-14,21-24,35H,10-12,15-20,25-26H2,1-9H3. The molecule has 12 nitrogen and oxygen atoms in total. The molecule has 4 aromatic rings. The number of carbonyl (C=O) groups excluding carboxylic acids is 1. The van der Waals surface area contributed by atoms with E-state index in [2.05, 4.69) is 21.2 Å². The Hall–Kier alpha value is -4.07. The molecule has 55 heavy (non-hydrogen) atoms. The zero-order chi connectivity index (χ0) is 39.5. The van der Waals surface area contributed by atoms with Crippen molar-refractivity contribution in [2.75, 3.05) is 32.8 Å². The van der Waals surface area contributed by atoms with Gasteiger partial charge in [-0.05, 0) is 129 Å². The van der Waals surface area contributed by atoms with Crippen LogP contribution in [-0.4, -0.2) is 87.3 Å². The summed E-state index contributed by atoms with van der Waals surface area (Å²) in [5.74, 6) is -0.290. The van der Waals surface area contributed by atoms with Gasteiger partial charge in [-0.15, -0.1) is 5.10 Å². The summed E-state index contributed by atoms with van der Waals surface area (Å²) in [6.45, 7) is 18.9. The second-order valence-corrected chi connectivity index (χ2v) is 19.4. The maximum absolute atomic E-state index is 14.6. The van der Waals surface area contributed by atoms with Crippen LogP contribution in [0.4, 0.5) is 0 Å². The maximum atomic E-state index is 14.6. The van der Waals surface area contributed by atoms with E-state index in [9.17, 15) is 13.2 Å². The van der Waals surface area contributed by atoms with Crippen LogP contribution in [0.1, 0.15) is 106 Å². The number of benzene rings is 1. The average molecular weight is 773 g/mol. The number of aryl methyl sites for hydroxylation is 4. The summed E-state index contributed by atoms with van der Waals surface area (Å²) in [7, 11) is -2.09. The predicted octanol–water partition coefficient (Wildman–Crippen LogP) is 6.77. The summed E-state index contributed by atoms with van der Waals surface area (Å²) in [5, 5.41) is 9.70. The third-order valence-electron chi connectivity index (χ3n) is 11.3. The van der Waals surface area contributed by atoms with Crippen LogP contribution < -0.4 is 9.47 Å². The van der Waals surface area contributed by atoms with E-state index in [4.69, 9.17) is 19.2 Å². The number of ether oxygens (including phenoxy) is 3. The summed E-state index contributed by atoms with van der Waals surface area (Å²) in [4.78, 5) is 21.2. The van der Waals surface area contributed by atoms with Gasteiger partial charge in [0.25, 0.3) is 0 Å². The van der Waals surface area contributed by atoms with E-state index in [1.54, 1.807) is 10.4 Å². The van der Waals surface area contributed by atoms with Crippen molar-refractivity contribution in [2.24, 2.45) is 12.5 Å². The zero-order valence-electron chi connectivity index (χ0n) is 33.9. The number of carbonyl (C=O) groups is 1. The number of hydrogen-bond donors (Lipinski definition) is 0. The fraction of sp³-hybridized carbons (Fsp3) is 0.571. The number of aromatic nitrogens is 4. The van der Waals surface area contributed by atoms with E-state index in [1.165, 1.54) is 19.3 Å². The average Bonchev–Trinajstić information content (AvgIpc) is 3.81. The van der Waals surface area contributed by atoms with E-state index in [1.807, 2.05) is 91.3 Å². The molecule has 1 saturated carbocycles. The Bertz CT molecular complexity index is 2220. The van der Waals surface area contributed by atoms with Crippen LogP contribution in [0, 0.1) is 26.2 Å². The van der Waals surface area contributed by atoms with Crippen LogP contribution >= 0.6 is 0 Å². The number of piperidine rings is 1. The highest BCUT2D eigenvalue weighted by atomic mass is 32.2. The maximum Gasteiger partial charge on any atom is 0.313 e. The van der Waals surface area contributed by atoms with Gasteiger partial charge in [-0.3, -0.25) is 9.69 Å². The molecule has 1 spiro atoms. The molecule has 0 N–H and O–H groups in total. The van der Waals surface area contributed by atoms with Crippen molar-refractivity contribution in [1.82, 2.24) is 29.0 Å². The summed E-state index contributed by atoms with van der Waals surface area (Å²) >= 11 is 0. The molecule has 2 aliphatic heterocycles. The highest BCUT2D eigenvalue weighted by Gasteiger charge is 2.53. The molecule has 13 heteroatoms. The summed E-state index contributed by atoms with van der Waals surface area (Å²) in [5.41, 5.74) is 3.29. The van der Waals surface area contributed by atoms with Crippen molar-refractivity contribution in [1.29, 1.82) is 0 Å². The first kappa shape index (κ1) is 39.2. The van der Waals surface area contributed by atoms with Gasteiger partial charge >= 0.3 is 5.97 Å². The molecule has 296 valence electrons. The molecule has 5 heterocycles. The van der Waals surface area contributed by atoms with Gasteiger partial charge in [-0.2, -0.15) is 14.4 Å². The minimum absolute atomic E-state index is 0.0572. The molecule has 3 aromatic heterocycles. The molecular weight excluding hydrogens is 717 g/mol. The predicted molar refractivity (Wildman–Crippen MR) is 211 cm³/mol. The van der Waals surface area contributed by atoms with Crippen molar-refractivity contribution in [3.05, 3.63) is 70.0 Å². The number of rotatable bonds is 10. The quantitative estimate of drug-likeness (QED) is 0.159. The molecule has 7 rings (SSSR count). The molecular formula is C42H56N6O6S. The lowest BCUT2D eigenvalue weighted by Gasteiger charge is -2.36. The van der Waals surface area contributed by atoms with E-state index in [0.29, 0.717) is 23.7 Å². The Morgan fingerprint density at radius 1 is 0.964 bits per heavy atom. The van der Waals surface area contributed by atoms with Gasteiger partial charge in [0.15, 0.2) is 5.65 Å². The van der Waals surface area contributed by atoms with Crippen molar-refractivity contribution < 1.29 is 27.4 Å². The molecule has 3 aliphatic rings. The number of nitrogens with zero attached hydrogens (tertiary/aromatic N) is 6. The molecule has 1 unspecified atom stereocenters. The number of hydrogen-bond acceptors (Lipinski definition) is 10. The molecule has 1 aromatic carbocycles. The summed E-state index contributed by atoms with van der Waals surface area (Å²) < 4.78 is 51.4. The SMILES string of the molecule is Cc1cc2cc(C(c3ccc(C)c(CN4CC5(CC5)Oc5nc(OCCN6CCCCC6)c(C)cc5S4(=O)=O)c3)C(C)(C)C(=O)OC(C)(C)C)n(C)c2nn1. The first-order valence-corrected chi connectivity index (χ1v) is 21.0. The Kier molecular flexibility index (Phi) is 10.3. The molecule has 1 atom stereocenters. The van der Waals surface area contributed by atoms with Crippen molar-refractivity contribution >= 4 is 27.0 Å². The Morgan fingerprint density at radius 3 is 2.38 bits per heavy atom. The van der Waals surface area contributed by atoms with Crippen molar-refractivity contribution in [3.63, 3.8) is 0 Å². The van der Waals surface area contributed by atoms with E-state index < -0.39 is 32.6 Å². The minimum atomic E-state index is -4.03. The summed E-state index contributed by atoms with van der Waals surface area (Å²) in [6.07, 6.45) is 5.14. The van der Waals surface area contributed by atoms with Gasteiger partial charge in [0.05, 0.1) is 17.7 Å². The Morgan fingerprint density at radius 2 is 1.69 bits per heavy atom. The van der Waals surface area contributed by atoms with Gasteiger partial charge in [0.1, 0.15) is 22.7 Å². The third kappa shape index (κ3) is 7.97. The molecule has 0 amide bonds. The molecule has 1 saturated heterocycles. The highest BCUT2D eigenvalue weighted by molar-refractivity contribution is 7.89. The van der Waals surface area contributed by atoms with Gasteiger partial charge in [-0.25, -0.2) is 8.42 Å². The zero-order valence-corrected chi connectivity index (χ0v) is 34.7. The minimum Gasteiger partial charge on any atom is -0.476 e. The van der Waals surface area contributed by atoms with E-state index in [0.717, 1.165) is 65.9 Å². The molecule has 0 bridgehead atoms. The molecule has 1 aliphatic carbocycles. The van der Waals surface area contributed by atoms with Crippen LogP contribution in [0.5, 0.6) is 11.8 Å². The van der Waals surface area contributed by atoms with Gasteiger partial charge in [0.2, 0.25) is 21.8 Å². The third-order valence-corrected chi connectivity index (χ3v) is 13.1. The number of esters is 1. The number of likely N-dealkylation sites (tertiary alicyclic amines) is 1. The van der Waals surface area contributed by atoms with Gasteiger partial charge in [0, 0.05) is 42.7 Å². The van der Waals surface area contributed by atoms with E-state index >= 15 is 0 Å². The summed E-state index contributed by atoms with van der Waals surface area (Å²) in [6, 6.07) is 11.8. The first-order valence-electron chi connectivity index (χ1n) is 19.6. The lowest BCUT2D eigenvalue weighted by Crippen LogP contribution is -2.39. The number of pyridine rings is 1. The lowest BCUT2D eigenvalue weighted by molar-refractivity contribution is -0.166. The van der Waals surface area contributed by atoms with Crippen LogP contribution in [0.3, 0.4) is 0 Å². The van der Waals surface area contributed by atoms with Gasteiger partial charge in [-0.1, -0.05) is 24.6 Å². The largest absolute Gasteiger partial charge is 0.476 e. The lowest BCUT2D eigenvalue weighted by atomic mass is 9.72. The number of sulfonamides is 1. The van der Waals surface area contributed by atoms with E-state index in [-0.39, 0.29) is 29.8 Å². The van der Waals surface area contributed by atoms with Crippen LogP contribution in [0.25, 0.3) is 11.0 Å². The second-order valence-electron chi connectivity index (χ2n) is 17.5. The fourth-order valence-corrected chi connectivity index (χ4v) is 9.60. The fourth-order valence-electron chi connectivity index (χ4n) is 7.98. The number of fused-ring (bicyclic) bond motifs is 2. The van der Waals surface area contributed by atoms with Crippen LogP contribution in [0.2, 0.25) is 0 Å². The normalized spacial score (nSPS) is 19.1. The highest BCUT2D eigenvalue weighted by Crippen LogP contribution is 2.48. The topological polar surface area (TPSA) is 129 Å². The van der Waals surface area contributed by atoms with Crippen molar-refractivity contribution in [3.8, 4) is 11.8 Å². The van der Waals surface area contributed by atoms with Crippen molar-refractivity contribution in [2.45, 2.75) is 116 Å².